The van der Waals surface area contributed by atoms with Gasteiger partial charge in [-0.2, -0.15) is 8.42 Å². The van der Waals surface area contributed by atoms with Crippen LogP contribution in [0.3, 0.4) is 0 Å². The van der Waals surface area contributed by atoms with E-state index in [4.69, 9.17) is 4.18 Å². The zero-order chi connectivity index (χ0) is 18.9. The minimum Gasteiger partial charge on any atom is -0.346 e. The molecule has 1 aromatic carbocycles. The fourth-order valence-electron chi connectivity index (χ4n) is 2.69. The van der Waals surface area contributed by atoms with E-state index < -0.39 is 22.2 Å². The highest BCUT2D eigenvalue weighted by atomic mass is 32.2. The van der Waals surface area contributed by atoms with E-state index in [1.54, 1.807) is 29.6 Å². The Hall–Kier alpha value is -2.23. The summed E-state index contributed by atoms with van der Waals surface area (Å²) < 4.78 is 29.7. The van der Waals surface area contributed by atoms with Crippen LogP contribution in [0, 0.1) is 6.92 Å². The molecule has 0 bridgehead atoms. The summed E-state index contributed by atoms with van der Waals surface area (Å²) in [6.45, 7) is 2.97. The molecule has 2 heterocycles. The van der Waals surface area contributed by atoms with Crippen molar-refractivity contribution >= 4 is 38.3 Å². The van der Waals surface area contributed by atoms with Crippen LogP contribution in [-0.2, 0) is 23.9 Å². The van der Waals surface area contributed by atoms with Crippen molar-refractivity contribution in [1.29, 1.82) is 0 Å². The van der Waals surface area contributed by atoms with Gasteiger partial charge in [-0.15, -0.1) is 11.3 Å². The standard InChI is InChI=1S/C17H18N2O5S2/c1-11-5-7-13(8-6-11)26(22,23)24-10-14-16(17(21)18-14)19(12(2)20)15-4-3-9-25-15/h3-9,14,16H,10H2,1-2H3,(H,18,21). The fourth-order valence-corrected chi connectivity index (χ4v) is 4.44. The molecule has 7 nitrogen and oxygen atoms in total. The van der Waals surface area contributed by atoms with Gasteiger partial charge in [0.15, 0.2) is 0 Å². The van der Waals surface area contributed by atoms with Crippen LogP contribution in [0.5, 0.6) is 0 Å². The van der Waals surface area contributed by atoms with Crippen LogP contribution in [0.2, 0.25) is 0 Å². The molecule has 0 aliphatic carbocycles. The number of amides is 2. The van der Waals surface area contributed by atoms with Gasteiger partial charge in [-0.25, -0.2) is 0 Å². The minimum atomic E-state index is -3.94. The number of carbonyl (C=O) groups is 2. The van der Waals surface area contributed by atoms with Crippen molar-refractivity contribution in [3.05, 3.63) is 47.3 Å². The molecular weight excluding hydrogens is 376 g/mol. The second-order valence-corrected chi connectivity index (χ2v) is 8.49. The number of anilines is 1. The van der Waals surface area contributed by atoms with Gasteiger partial charge >= 0.3 is 0 Å². The second kappa shape index (κ2) is 7.18. The Balaban J connectivity index is 1.73. The summed E-state index contributed by atoms with van der Waals surface area (Å²) in [6.07, 6.45) is 0. The molecule has 9 heteroatoms. The molecule has 2 amide bonds. The van der Waals surface area contributed by atoms with Crippen molar-refractivity contribution in [2.45, 2.75) is 30.8 Å². The van der Waals surface area contributed by atoms with Crippen molar-refractivity contribution in [3.8, 4) is 0 Å². The third-order valence-electron chi connectivity index (χ3n) is 4.05. The number of nitrogens with one attached hydrogen (secondary N) is 1. The zero-order valence-corrected chi connectivity index (χ0v) is 15.8. The van der Waals surface area contributed by atoms with Crippen molar-refractivity contribution in [2.75, 3.05) is 11.5 Å². The molecule has 2 unspecified atom stereocenters. The summed E-state index contributed by atoms with van der Waals surface area (Å²) in [7, 11) is -3.94. The average Bonchev–Trinajstić information content (AvgIpc) is 3.10. The summed E-state index contributed by atoms with van der Waals surface area (Å²) in [5.74, 6) is -0.631. The number of aryl methyl sites for hydroxylation is 1. The smallest absolute Gasteiger partial charge is 0.297 e. The summed E-state index contributed by atoms with van der Waals surface area (Å²) in [5.41, 5.74) is 0.934. The van der Waals surface area contributed by atoms with Crippen LogP contribution in [0.25, 0.3) is 0 Å². The van der Waals surface area contributed by atoms with E-state index in [2.05, 4.69) is 5.32 Å². The van der Waals surface area contributed by atoms with Crippen LogP contribution in [-0.4, -0.2) is 38.9 Å². The Morgan fingerprint density at radius 3 is 2.50 bits per heavy atom. The molecule has 138 valence electrons. The Morgan fingerprint density at radius 1 is 1.27 bits per heavy atom. The predicted octanol–water partition coefficient (Wildman–Crippen LogP) is 1.68. The Kier molecular flexibility index (Phi) is 5.12. The number of hydrogen-bond acceptors (Lipinski definition) is 6. The fraction of sp³-hybridized carbons (Fsp3) is 0.294. The SMILES string of the molecule is CC(=O)N(c1cccs1)C1C(=O)NC1COS(=O)(=O)c1ccc(C)cc1. The quantitative estimate of drug-likeness (QED) is 0.594. The molecule has 0 saturated carbocycles. The number of β-lactam (4-membered cyclic amide) rings is 1. The molecule has 0 radical (unpaired) electrons. The van der Waals surface area contributed by atoms with Gasteiger partial charge in [-0.1, -0.05) is 17.7 Å². The number of benzene rings is 1. The second-order valence-electron chi connectivity index (χ2n) is 5.95. The molecule has 2 atom stereocenters. The van der Waals surface area contributed by atoms with Crippen molar-refractivity contribution in [1.82, 2.24) is 5.32 Å². The Labute approximate surface area is 155 Å². The first-order valence-corrected chi connectivity index (χ1v) is 10.2. The van der Waals surface area contributed by atoms with E-state index in [1.165, 1.54) is 35.3 Å². The normalized spacial score (nSPS) is 19.5. The molecule has 1 aliphatic rings. The zero-order valence-electron chi connectivity index (χ0n) is 14.2. The van der Waals surface area contributed by atoms with Crippen molar-refractivity contribution < 1.29 is 22.2 Å². The van der Waals surface area contributed by atoms with Crippen LogP contribution in [0.1, 0.15) is 12.5 Å². The molecular formula is C17H18N2O5S2. The number of nitrogens with zero attached hydrogens (tertiary/aromatic N) is 1. The lowest BCUT2D eigenvalue weighted by molar-refractivity contribution is -0.134. The van der Waals surface area contributed by atoms with Crippen LogP contribution in [0.4, 0.5) is 5.00 Å². The molecule has 1 fully saturated rings. The van der Waals surface area contributed by atoms with E-state index in [0.29, 0.717) is 5.00 Å². The maximum atomic E-state index is 12.3. The van der Waals surface area contributed by atoms with Gasteiger partial charge in [0, 0.05) is 6.92 Å². The number of carbonyl (C=O) groups excluding carboxylic acids is 2. The Morgan fingerprint density at radius 2 is 1.96 bits per heavy atom. The van der Waals surface area contributed by atoms with Gasteiger partial charge in [-0.3, -0.25) is 18.7 Å². The highest BCUT2D eigenvalue weighted by molar-refractivity contribution is 7.86. The molecule has 1 N–H and O–H groups in total. The maximum absolute atomic E-state index is 12.3. The summed E-state index contributed by atoms with van der Waals surface area (Å²) in [5, 5.41) is 5.03. The van der Waals surface area contributed by atoms with Gasteiger partial charge in [-0.05, 0) is 36.6 Å². The van der Waals surface area contributed by atoms with E-state index in [9.17, 15) is 18.0 Å². The number of rotatable bonds is 6. The lowest BCUT2D eigenvalue weighted by Gasteiger charge is -2.42. The number of hydrogen-bond donors (Lipinski definition) is 1. The molecule has 3 rings (SSSR count). The predicted molar refractivity (Wildman–Crippen MR) is 97.5 cm³/mol. The summed E-state index contributed by atoms with van der Waals surface area (Å²) in [6, 6.07) is 8.41. The minimum absolute atomic E-state index is 0.0481. The van der Waals surface area contributed by atoms with E-state index >= 15 is 0 Å². The highest BCUT2D eigenvalue weighted by Gasteiger charge is 2.46. The van der Waals surface area contributed by atoms with Crippen LogP contribution < -0.4 is 10.2 Å². The summed E-state index contributed by atoms with van der Waals surface area (Å²) >= 11 is 1.33. The Bertz CT molecular complexity index is 907. The molecule has 2 aromatic rings. The van der Waals surface area contributed by atoms with Crippen LogP contribution >= 0.6 is 11.3 Å². The van der Waals surface area contributed by atoms with Crippen LogP contribution in [0.15, 0.2) is 46.7 Å². The molecule has 26 heavy (non-hydrogen) atoms. The molecule has 0 spiro atoms. The van der Waals surface area contributed by atoms with Crippen molar-refractivity contribution in [2.24, 2.45) is 0 Å². The van der Waals surface area contributed by atoms with Gasteiger partial charge in [0.1, 0.15) is 6.04 Å². The third-order valence-corrected chi connectivity index (χ3v) is 6.21. The van der Waals surface area contributed by atoms with E-state index in [1.807, 2.05) is 6.92 Å². The first kappa shape index (κ1) is 18.6. The molecule has 1 saturated heterocycles. The lowest BCUT2D eigenvalue weighted by Crippen LogP contribution is -2.71. The lowest BCUT2D eigenvalue weighted by atomic mass is 9.98. The maximum Gasteiger partial charge on any atom is 0.297 e. The van der Waals surface area contributed by atoms with E-state index in [-0.39, 0.29) is 23.3 Å². The van der Waals surface area contributed by atoms with E-state index in [0.717, 1.165) is 5.56 Å². The molecule has 1 aromatic heterocycles. The third kappa shape index (κ3) is 3.64. The molecule has 1 aliphatic heterocycles. The van der Waals surface area contributed by atoms with Gasteiger partial charge < -0.3 is 5.32 Å². The first-order valence-electron chi connectivity index (χ1n) is 7.89. The van der Waals surface area contributed by atoms with Crippen molar-refractivity contribution in [3.63, 3.8) is 0 Å². The number of thiophene rings is 1. The van der Waals surface area contributed by atoms with Gasteiger partial charge in [0.25, 0.3) is 10.1 Å². The van der Waals surface area contributed by atoms with Gasteiger partial charge in [0.2, 0.25) is 11.8 Å². The monoisotopic (exact) mass is 394 g/mol. The highest BCUT2D eigenvalue weighted by Crippen LogP contribution is 2.28. The first-order chi connectivity index (χ1) is 12.3. The summed E-state index contributed by atoms with van der Waals surface area (Å²) in [4.78, 5) is 25.4. The van der Waals surface area contributed by atoms with Gasteiger partial charge in [0.05, 0.1) is 22.5 Å². The largest absolute Gasteiger partial charge is 0.346 e. The average molecular weight is 394 g/mol. The topological polar surface area (TPSA) is 92.8 Å².